The van der Waals surface area contributed by atoms with Crippen LogP contribution >= 0.6 is 15.8 Å². The van der Waals surface area contributed by atoms with E-state index in [9.17, 15) is 0 Å². The smallest absolute Gasteiger partial charge is 0.693 e. The zero-order valence-electron chi connectivity index (χ0n) is 40.5. The van der Waals surface area contributed by atoms with Crippen LogP contribution in [0.4, 0.5) is 0 Å². The quantitative estimate of drug-likeness (QED) is 0.0491. The van der Waals surface area contributed by atoms with Gasteiger partial charge in [-0.3, -0.25) is 5.92 Å². The first-order valence-electron chi connectivity index (χ1n) is 24.5. The van der Waals surface area contributed by atoms with E-state index in [1.165, 1.54) is 72.1 Å². The Balaban J connectivity index is 0.000000145. The summed E-state index contributed by atoms with van der Waals surface area (Å²) in [6, 6.07) is 72.2. The van der Waals surface area contributed by atoms with Gasteiger partial charge in [0.1, 0.15) is 12.3 Å². The SMILES string of the molecule is [Ag+].[Ag+].[C-]#CC1(C)c2cc3c(cc2C=C2C=CC=CC21)C(C)CC=C3.[C-]#Cc1c2ccccc2cc2cc3ccccc3cc12.c1ccc([PH+](CC[PH+](c2ccccc2)c2ccccc2)c2ccccc2)cc1. The number of benzene rings is 9. The van der Waals surface area contributed by atoms with E-state index in [1.807, 2.05) is 18.2 Å². The largest absolute Gasteiger partial charge is 1.00 e. The Morgan fingerprint density at radius 2 is 1.03 bits per heavy atom. The van der Waals surface area contributed by atoms with Crippen molar-refractivity contribution in [2.75, 3.05) is 12.3 Å². The molecule has 358 valence electrons. The van der Waals surface area contributed by atoms with Crippen LogP contribution in [0, 0.1) is 30.6 Å². The standard InChI is InChI=1S/C26H24P2.C22H19.C20H11.2Ag/c1-5-13-23(14-6-1)27(24-15-7-2-8-16-24)21-22-28(25-17-9-3-10-18-25)26-19-11-4-12-20-26;1-4-22(3)20-11-6-5-9-17(20)12-18-13-19-15(2)8-7-10-16(19)14-21(18)22;1-2-18-19-10-6-5-9-16(19)12-17-11-14-7-3-4-8-15(14)13-20(17)18;;/h1-20H,21-22H2;5-7,9-15,20H,8H2,2-3H3;3-13H;;/q;2*-1;2*+1/p+2. The minimum atomic E-state index is -0.783. The summed E-state index contributed by atoms with van der Waals surface area (Å²) in [6.45, 7) is 4.43. The molecule has 0 amide bonds. The fourth-order valence-corrected chi connectivity index (χ4v) is 16.8. The van der Waals surface area contributed by atoms with E-state index in [1.54, 1.807) is 0 Å². The summed E-state index contributed by atoms with van der Waals surface area (Å²) in [5.74, 6) is 6.26. The van der Waals surface area contributed by atoms with Gasteiger partial charge < -0.3 is 18.8 Å². The number of hydrogen-bond donors (Lipinski definition) is 0. The molecule has 0 bridgehead atoms. The van der Waals surface area contributed by atoms with Gasteiger partial charge in [-0.05, 0) is 135 Å². The van der Waals surface area contributed by atoms with Gasteiger partial charge in [0.2, 0.25) is 0 Å². The molecular weight excluding hydrogens is 1090 g/mol. The van der Waals surface area contributed by atoms with Crippen LogP contribution in [0.1, 0.15) is 54.0 Å². The molecule has 0 saturated heterocycles. The predicted octanol–water partition coefficient (Wildman–Crippen LogP) is 15.0. The number of allylic oxidation sites excluding steroid dienone is 6. The molecule has 0 aliphatic heterocycles. The molecule has 4 heteroatoms. The average Bonchev–Trinajstić information content (AvgIpc) is 3.42. The summed E-state index contributed by atoms with van der Waals surface area (Å²) in [5.41, 5.74) is 7.01. The zero-order chi connectivity index (χ0) is 47.9. The third-order valence-corrected chi connectivity index (χ3v) is 20.5. The molecular formula is C68H56Ag2P2+2. The van der Waals surface area contributed by atoms with E-state index >= 15 is 0 Å². The summed E-state index contributed by atoms with van der Waals surface area (Å²) in [4.78, 5) is 0. The van der Waals surface area contributed by atoms with Crippen molar-refractivity contribution in [3.05, 3.63) is 277 Å². The van der Waals surface area contributed by atoms with E-state index in [2.05, 4.69) is 250 Å². The van der Waals surface area contributed by atoms with Crippen molar-refractivity contribution in [2.24, 2.45) is 5.92 Å². The predicted molar refractivity (Wildman–Crippen MR) is 309 cm³/mol. The maximum absolute atomic E-state index is 7.97. The molecule has 3 unspecified atom stereocenters. The first kappa shape index (κ1) is 52.5. The molecule has 0 aromatic heterocycles. The topological polar surface area (TPSA) is 0 Å². The minimum Gasteiger partial charge on any atom is -0.693 e. The molecule has 0 radical (unpaired) electrons. The Labute approximate surface area is 461 Å². The normalized spacial score (nSPS) is 16.8. The van der Waals surface area contributed by atoms with Crippen molar-refractivity contribution < 1.29 is 44.8 Å². The molecule has 0 saturated carbocycles. The summed E-state index contributed by atoms with van der Waals surface area (Å²) in [6.07, 6.45) is 34.6. The second-order valence-electron chi connectivity index (χ2n) is 18.7. The van der Waals surface area contributed by atoms with Gasteiger partial charge >= 0.3 is 44.8 Å². The maximum atomic E-state index is 7.97. The Hall–Kier alpha value is -5.82. The van der Waals surface area contributed by atoms with Crippen molar-refractivity contribution in [2.45, 2.75) is 31.6 Å². The van der Waals surface area contributed by atoms with Gasteiger partial charge in [-0.1, -0.05) is 194 Å². The van der Waals surface area contributed by atoms with E-state index in [0.29, 0.717) is 5.92 Å². The number of fused-ring (bicyclic) bond motifs is 6. The van der Waals surface area contributed by atoms with E-state index in [0.717, 1.165) is 33.5 Å². The number of hydrogen-bond acceptors (Lipinski definition) is 0. The van der Waals surface area contributed by atoms with Gasteiger partial charge in [-0.25, -0.2) is 0 Å². The fraction of sp³-hybridized carbons (Fsp3) is 0.118. The fourth-order valence-electron chi connectivity index (χ4n) is 10.6. The van der Waals surface area contributed by atoms with E-state index < -0.39 is 15.8 Å². The van der Waals surface area contributed by atoms with Crippen molar-refractivity contribution in [1.29, 1.82) is 0 Å². The Morgan fingerprint density at radius 1 is 0.528 bits per heavy atom. The molecule has 0 fully saturated rings. The molecule has 9 aromatic rings. The van der Waals surface area contributed by atoms with Gasteiger partial charge in [0.15, 0.2) is 0 Å². The van der Waals surface area contributed by atoms with Crippen molar-refractivity contribution in [3.8, 4) is 11.8 Å². The summed E-state index contributed by atoms with van der Waals surface area (Å²) in [5, 5.41) is 13.0. The Bertz CT molecular complexity index is 3360. The second-order valence-corrected chi connectivity index (χ2v) is 24.0. The molecule has 0 N–H and O–H groups in total. The maximum Gasteiger partial charge on any atom is 1.00 e. The molecule has 0 heterocycles. The third kappa shape index (κ3) is 11.2. The molecule has 3 aliphatic carbocycles. The molecule has 12 rings (SSSR count). The van der Waals surface area contributed by atoms with Gasteiger partial charge in [0, 0.05) is 11.3 Å². The molecule has 3 atom stereocenters. The van der Waals surface area contributed by atoms with Crippen molar-refractivity contribution in [3.63, 3.8) is 0 Å². The first-order valence-corrected chi connectivity index (χ1v) is 27.9. The third-order valence-electron chi connectivity index (χ3n) is 14.4. The molecule has 0 spiro atoms. The minimum absolute atomic E-state index is 0. The van der Waals surface area contributed by atoms with E-state index in [4.69, 9.17) is 12.8 Å². The van der Waals surface area contributed by atoms with Crippen LogP contribution in [0.2, 0.25) is 0 Å². The van der Waals surface area contributed by atoms with Crippen molar-refractivity contribution >= 4 is 81.5 Å². The summed E-state index contributed by atoms with van der Waals surface area (Å²) in [7, 11) is -1.57. The second kappa shape index (κ2) is 24.3. The van der Waals surface area contributed by atoms with Crippen LogP contribution in [0.25, 0.3) is 44.5 Å². The monoisotopic (exact) mass is 1150 g/mol. The van der Waals surface area contributed by atoms with Crippen molar-refractivity contribution in [1.82, 2.24) is 0 Å². The van der Waals surface area contributed by atoms with Gasteiger partial charge in [-0.15, -0.1) is 5.56 Å². The molecule has 3 aliphatic rings. The van der Waals surface area contributed by atoms with Gasteiger partial charge in [-0.2, -0.15) is 0 Å². The molecule has 72 heavy (non-hydrogen) atoms. The Kier molecular flexibility index (Phi) is 17.7. The molecule has 0 nitrogen and oxygen atoms in total. The average molecular weight is 1150 g/mol. The van der Waals surface area contributed by atoms with Gasteiger partial charge in [0.05, 0.1) is 37.1 Å². The number of rotatable bonds is 7. The van der Waals surface area contributed by atoms with Crippen LogP contribution in [-0.2, 0) is 50.2 Å². The van der Waals surface area contributed by atoms with Crippen LogP contribution in [0.3, 0.4) is 0 Å². The molecule has 9 aromatic carbocycles. The summed E-state index contributed by atoms with van der Waals surface area (Å²) >= 11 is 0. The van der Waals surface area contributed by atoms with Crippen LogP contribution in [0.15, 0.2) is 236 Å². The summed E-state index contributed by atoms with van der Waals surface area (Å²) < 4.78 is 0. The zero-order valence-corrected chi connectivity index (χ0v) is 45.4. The van der Waals surface area contributed by atoms with Gasteiger partial charge in [0.25, 0.3) is 0 Å². The van der Waals surface area contributed by atoms with Crippen LogP contribution in [-0.4, -0.2) is 12.3 Å². The van der Waals surface area contributed by atoms with Crippen LogP contribution < -0.4 is 21.2 Å². The first-order chi connectivity index (χ1) is 34.4. The van der Waals surface area contributed by atoms with E-state index in [-0.39, 0.29) is 56.1 Å². The van der Waals surface area contributed by atoms with Crippen LogP contribution in [0.5, 0.6) is 0 Å². The Morgan fingerprint density at radius 3 is 1.57 bits per heavy atom.